The van der Waals surface area contributed by atoms with Crippen LogP contribution >= 0.6 is 0 Å². The van der Waals surface area contributed by atoms with E-state index in [-0.39, 0.29) is 18.1 Å². The summed E-state index contributed by atoms with van der Waals surface area (Å²) in [6.45, 7) is 4.14. The Morgan fingerprint density at radius 1 is 0.962 bits per heavy atom. The van der Waals surface area contributed by atoms with Crippen molar-refractivity contribution in [1.82, 2.24) is 14.0 Å². The molecular formula is C21H23N3O2. The topological polar surface area (TPSA) is 47.2 Å². The highest BCUT2D eigenvalue weighted by Gasteiger charge is 2.22. The van der Waals surface area contributed by atoms with Crippen LogP contribution in [0.3, 0.4) is 0 Å². The Kier molecular flexibility index (Phi) is 4.37. The zero-order valence-electron chi connectivity index (χ0n) is 15.0. The molecule has 5 heteroatoms. The second-order valence-electron chi connectivity index (χ2n) is 6.84. The van der Waals surface area contributed by atoms with Crippen LogP contribution in [0.25, 0.3) is 11.0 Å². The molecule has 26 heavy (non-hydrogen) atoms. The number of para-hydroxylation sites is 2. The lowest BCUT2D eigenvalue weighted by atomic mass is 10.00. The van der Waals surface area contributed by atoms with Crippen molar-refractivity contribution in [1.29, 1.82) is 0 Å². The number of imidazole rings is 1. The highest BCUT2D eigenvalue weighted by molar-refractivity contribution is 5.81. The first-order valence-electron chi connectivity index (χ1n) is 9.21. The molecule has 0 aliphatic carbocycles. The number of hydrogen-bond donors (Lipinski definition) is 0. The van der Waals surface area contributed by atoms with Gasteiger partial charge in [0.2, 0.25) is 5.91 Å². The van der Waals surface area contributed by atoms with Crippen molar-refractivity contribution >= 4 is 16.9 Å². The highest BCUT2D eigenvalue weighted by Crippen LogP contribution is 2.19. The van der Waals surface area contributed by atoms with Crippen molar-refractivity contribution in [3.63, 3.8) is 0 Å². The first kappa shape index (κ1) is 16.6. The smallest absolute Gasteiger partial charge is 0.329 e. The first-order chi connectivity index (χ1) is 12.7. The van der Waals surface area contributed by atoms with Crippen LogP contribution in [0.1, 0.15) is 24.5 Å². The van der Waals surface area contributed by atoms with Gasteiger partial charge in [0.05, 0.1) is 11.0 Å². The van der Waals surface area contributed by atoms with Crippen molar-refractivity contribution in [2.75, 3.05) is 6.54 Å². The molecule has 3 aromatic rings. The summed E-state index contributed by atoms with van der Waals surface area (Å²) in [5.74, 6) is 0.000930. The number of carbonyl (C=O) groups is 1. The molecule has 1 aromatic heterocycles. The molecule has 0 saturated heterocycles. The van der Waals surface area contributed by atoms with Crippen LogP contribution in [0.2, 0.25) is 0 Å². The van der Waals surface area contributed by atoms with Gasteiger partial charge in [-0.15, -0.1) is 0 Å². The maximum atomic E-state index is 12.9. The molecule has 1 amide bonds. The third-order valence-corrected chi connectivity index (χ3v) is 5.15. The van der Waals surface area contributed by atoms with Gasteiger partial charge in [-0.2, -0.15) is 0 Å². The Labute approximate surface area is 152 Å². The lowest BCUT2D eigenvalue weighted by Crippen LogP contribution is -2.39. The third kappa shape index (κ3) is 2.83. The van der Waals surface area contributed by atoms with Gasteiger partial charge >= 0.3 is 5.69 Å². The summed E-state index contributed by atoms with van der Waals surface area (Å²) in [5, 5.41) is 0. The molecule has 0 atom stereocenters. The van der Waals surface area contributed by atoms with Gasteiger partial charge in [0.15, 0.2) is 0 Å². The van der Waals surface area contributed by atoms with Gasteiger partial charge < -0.3 is 4.90 Å². The summed E-state index contributed by atoms with van der Waals surface area (Å²) < 4.78 is 3.39. The Balaban J connectivity index is 1.63. The molecule has 0 spiro atoms. The fraction of sp³-hybridized carbons (Fsp3) is 0.333. The average molecular weight is 349 g/mol. The van der Waals surface area contributed by atoms with Crippen molar-refractivity contribution in [3.05, 3.63) is 70.1 Å². The number of rotatable bonds is 4. The Morgan fingerprint density at radius 2 is 1.62 bits per heavy atom. The molecule has 0 saturated carbocycles. The normalized spacial score (nSPS) is 13.8. The first-order valence-corrected chi connectivity index (χ1v) is 9.21. The number of hydrogen-bond acceptors (Lipinski definition) is 2. The van der Waals surface area contributed by atoms with E-state index in [1.807, 2.05) is 41.3 Å². The van der Waals surface area contributed by atoms with Crippen LogP contribution < -0.4 is 5.69 Å². The molecule has 0 bridgehead atoms. The minimum Gasteiger partial charge on any atom is -0.336 e. The van der Waals surface area contributed by atoms with Gasteiger partial charge in [-0.25, -0.2) is 4.79 Å². The van der Waals surface area contributed by atoms with Crippen molar-refractivity contribution in [2.24, 2.45) is 0 Å². The number of fused-ring (bicyclic) bond motifs is 2. The summed E-state index contributed by atoms with van der Waals surface area (Å²) in [6, 6.07) is 16.0. The number of benzene rings is 2. The second kappa shape index (κ2) is 6.83. The van der Waals surface area contributed by atoms with Gasteiger partial charge in [0.1, 0.15) is 6.54 Å². The Hall–Kier alpha value is -2.82. The fourth-order valence-corrected chi connectivity index (χ4v) is 3.81. The zero-order valence-corrected chi connectivity index (χ0v) is 15.0. The van der Waals surface area contributed by atoms with Crippen molar-refractivity contribution in [3.8, 4) is 0 Å². The quantitative estimate of drug-likeness (QED) is 0.727. The number of aromatic nitrogens is 2. The lowest BCUT2D eigenvalue weighted by molar-refractivity contribution is -0.132. The van der Waals surface area contributed by atoms with E-state index in [0.29, 0.717) is 19.6 Å². The van der Waals surface area contributed by atoms with E-state index in [0.717, 1.165) is 23.9 Å². The molecule has 134 valence electrons. The summed E-state index contributed by atoms with van der Waals surface area (Å²) in [7, 11) is 0. The minimum atomic E-state index is -0.0983. The molecule has 4 rings (SSSR count). The number of amides is 1. The molecule has 5 nitrogen and oxygen atoms in total. The van der Waals surface area contributed by atoms with Gasteiger partial charge in [-0.05, 0) is 36.1 Å². The van der Waals surface area contributed by atoms with Crippen LogP contribution in [0.15, 0.2) is 53.3 Å². The van der Waals surface area contributed by atoms with Crippen LogP contribution in [0, 0.1) is 0 Å². The Bertz CT molecular complexity index is 1020. The second-order valence-corrected chi connectivity index (χ2v) is 6.84. The fourth-order valence-electron chi connectivity index (χ4n) is 3.81. The molecule has 0 N–H and O–H groups in total. The van der Waals surface area contributed by atoms with E-state index in [4.69, 9.17) is 0 Å². The van der Waals surface area contributed by atoms with Gasteiger partial charge in [-0.3, -0.25) is 13.9 Å². The van der Waals surface area contributed by atoms with Crippen LogP contribution in [0.4, 0.5) is 0 Å². The monoisotopic (exact) mass is 349 g/mol. The zero-order chi connectivity index (χ0) is 18.1. The number of aryl methyl sites for hydroxylation is 1. The largest absolute Gasteiger partial charge is 0.336 e. The molecule has 0 radical (unpaired) electrons. The maximum Gasteiger partial charge on any atom is 0.329 e. The van der Waals surface area contributed by atoms with Gasteiger partial charge in [0.25, 0.3) is 0 Å². The van der Waals surface area contributed by atoms with Crippen molar-refractivity contribution in [2.45, 2.75) is 39.4 Å². The highest BCUT2D eigenvalue weighted by atomic mass is 16.2. The summed E-state index contributed by atoms with van der Waals surface area (Å²) in [5.41, 5.74) is 4.15. The molecular weight excluding hydrogens is 326 g/mol. The van der Waals surface area contributed by atoms with Gasteiger partial charge in [0, 0.05) is 19.6 Å². The van der Waals surface area contributed by atoms with E-state index < -0.39 is 0 Å². The van der Waals surface area contributed by atoms with E-state index >= 15 is 0 Å². The predicted octanol–water partition coefficient (Wildman–Crippen LogP) is 2.80. The van der Waals surface area contributed by atoms with Gasteiger partial charge in [-0.1, -0.05) is 43.3 Å². The van der Waals surface area contributed by atoms with E-state index in [2.05, 4.69) is 19.1 Å². The average Bonchev–Trinajstić information content (AvgIpc) is 2.94. The molecule has 1 aliphatic heterocycles. The third-order valence-electron chi connectivity index (χ3n) is 5.15. The number of nitrogens with zero attached hydrogens (tertiary/aromatic N) is 3. The summed E-state index contributed by atoms with van der Waals surface area (Å²) in [4.78, 5) is 27.6. The van der Waals surface area contributed by atoms with E-state index in [9.17, 15) is 9.59 Å². The van der Waals surface area contributed by atoms with Crippen LogP contribution in [-0.2, 0) is 30.8 Å². The lowest BCUT2D eigenvalue weighted by Gasteiger charge is -2.29. The maximum absolute atomic E-state index is 12.9. The predicted molar refractivity (Wildman–Crippen MR) is 102 cm³/mol. The number of carbonyl (C=O) groups excluding carboxylic acids is 1. The van der Waals surface area contributed by atoms with Crippen molar-refractivity contribution < 1.29 is 4.79 Å². The SMILES string of the molecule is CCCn1c(=O)n(CC(=O)N2CCc3ccccc3C2)c2ccccc21. The summed E-state index contributed by atoms with van der Waals surface area (Å²) in [6.07, 6.45) is 1.75. The van der Waals surface area contributed by atoms with E-state index in [1.54, 1.807) is 9.13 Å². The molecule has 0 unspecified atom stereocenters. The van der Waals surface area contributed by atoms with Crippen LogP contribution in [0.5, 0.6) is 0 Å². The molecule has 2 heterocycles. The molecule has 2 aromatic carbocycles. The molecule has 0 fully saturated rings. The standard InChI is InChI=1S/C21H23N3O2/c1-2-12-23-18-9-5-6-10-19(18)24(21(23)26)15-20(25)22-13-11-16-7-3-4-8-17(16)14-22/h3-10H,2,11-15H2,1H3. The van der Waals surface area contributed by atoms with Crippen LogP contribution in [-0.4, -0.2) is 26.5 Å². The molecule has 1 aliphatic rings. The minimum absolute atomic E-state index is 0.000930. The Morgan fingerprint density at radius 3 is 2.35 bits per heavy atom. The van der Waals surface area contributed by atoms with E-state index in [1.165, 1.54) is 11.1 Å². The summed E-state index contributed by atoms with van der Waals surface area (Å²) >= 11 is 0.